The van der Waals surface area contributed by atoms with Gasteiger partial charge in [-0.25, -0.2) is 4.68 Å². The van der Waals surface area contributed by atoms with Crippen molar-refractivity contribution in [1.82, 2.24) is 9.78 Å². The van der Waals surface area contributed by atoms with Crippen molar-refractivity contribution in [2.24, 2.45) is 0 Å². The number of carbonyl (C=O) groups is 2. The van der Waals surface area contributed by atoms with Crippen LogP contribution >= 0.6 is 11.6 Å². The van der Waals surface area contributed by atoms with Crippen LogP contribution in [0.15, 0.2) is 42.5 Å². The fraction of sp³-hybridized carbons (Fsp3) is 0.292. The number of nitrogens with one attached hydrogen (secondary N) is 1. The molecule has 31 heavy (non-hydrogen) atoms. The molecule has 0 bridgehead atoms. The number of ketones is 1. The first-order valence-electron chi connectivity index (χ1n) is 10.3. The number of Topliss-reactive ketones (excluding diaryl/α,β-unsaturated/α-hetero) is 1. The summed E-state index contributed by atoms with van der Waals surface area (Å²) < 4.78 is 7.27. The number of amides is 1. The molecule has 0 aliphatic carbocycles. The molecule has 3 aromatic rings. The zero-order chi connectivity index (χ0) is 22.1. The van der Waals surface area contributed by atoms with Gasteiger partial charge in [0.05, 0.1) is 23.9 Å². The molecule has 0 fully saturated rings. The van der Waals surface area contributed by atoms with Gasteiger partial charge < -0.3 is 10.1 Å². The van der Waals surface area contributed by atoms with Crippen LogP contribution < -0.4 is 10.1 Å². The van der Waals surface area contributed by atoms with E-state index in [4.69, 9.17) is 16.3 Å². The zero-order valence-electron chi connectivity index (χ0n) is 17.7. The van der Waals surface area contributed by atoms with E-state index >= 15 is 0 Å². The number of halogens is 1. The van der Waals surface area contributed by atoms with Crippen molar-refractivity contribution < 1.29 is 14.3 Å². The summed E-state index contributed by atoms with van der Waals surface area (Å²) in [4.78, 5) is 25.9. The minimum absolute atomic E-state index is 0.0843. The summed E-state index contributed by atoms with van der Waals surface area (Å²) in [5, 5.41) is 8.16. The van der Waals surface area contributed by atoms with Gasteiger partial charge >= 0.3 is 0 Å². The molecule has 1 aliphatic heterocycles. The molecule has 2 heterocycles. The zero-order valence-corrected chi connectivity index (χ0v) is 18.5. The average Bonchev–Trinajstić information content (AvgIpc) is 3.09. The SMILES string of the molecule is CCCOc1ccc(C(=O)[C@H]2CC(=O)Nc3c2c(C)nn3-c2cccc(Cl)c2C)cc1. The number of fused-ring (bicyclic) bond motifs is 1. The Morgan fingerprint density at radius 3 is 2.68 bits per heavy atom. The van der Waals surface area contributed by atoms with Gasteiger partial charge in [0.2, 0.25) is 5.91 Å². The van der Waals surface area contributed by atoms with Crippen molar-refractivity contribution in [3.05, 3.63) is 69.9 Å². The lowest BCUT2D eigenvalue weighted by Gasteiger charge is -2.23. The van der Waals surface area contributed by atoms with Crippen molar-refractivity contribution in [1.29, 1.82) is 0 Å². The molecule has 1 aliphatic rings. The van der Waals surface area contributed by atoms with Gasteiger partial charge in [-0.2, -0.15) is 5.10 Å². The van der Waals surface area contributed by atoms with Gasteiger partial charge in [-0.3, -0.25) is 9.59 Å². The molecule has 0 saturated carbocycles. The van der Waals surface area contributed by atoms with Gasteiger partial charge in [0.15, 0.2) is 5.78 Å². The monoisotopic (exact) mass is 437 g/mol. The second kappa shape index (κ2) is 8.55. The topological polar surface area (TPSA) is 73.2 Å². The minimum atomic E-state index is -0.598. The summed E-state index contributed by atoms with van der Waals surface area (Å²) >= 11 is 6.29. The lowest BCUT2D eigenvalue weighted by atomic mass is 9.85. The second-order valence-electron chi connectivity index (χ2n) is 7.69. The Morgan fingerprint density at radius 1 is 1.23 bits per heavy atom. The normalized spacial score (nSPS) is 15.4. The molecule has 0 spiro atoms. The third-order valence-electron chi connectivity index (χ3n) is 5.50. The van der Waals surface area contributed by atoms with E-state index in [0.717, 1.165) is 29.0 Å². The number of nitrogens with zero attached hydrogens (tertiary/aromatic N) is 2. The molecular formula is C24H24ClN3O3. The third kappa shape index (κ3) is 3.95. The molecule has 7 heteroatoms. The van der Waals surface area contributed by atoms with Crippen LogP contribution in [0, 0.1) is 13.8 Å². The number of carbonyl (C=O) groups excluding carboxylic acids is 2. The summed E-state index contributed by atoms with van der Waals surface area (Å²) in [6, 6.07) is 12.6. The van der Waals surface area contributed by atoms with Gasteiger partial charge in [-0.15, -0.1) is 0 Å². The molecule has 1 atom stereocenters. The van der Waals surface area contributed by atoms with Crippen LogP contribution in [-0.4, -0.2) is 28.1 Å². The quantitative estimate of drug-likeness (QED) is 0.535. The number of rotatable bonds is 6. The highest BCUT2D eigenvalue weighted by Gasteiger charge is 2.36. The number of anilines is 1. The number of ether oxygens (including phenoxy) is 1. The first kappa shape index (κ1) is 21.1. The van der Waals surface area contributed by atoms with Crippen LogP contribution in [0.1, 0.15) is 52.9 Å². The number of benzene rings is 2. The van der Waals surface area contributed by atoms with E-state index in [1.54, 1.807) is 28.9 Å². The second-order valence-corrected chi connectivity index (χ2v) is 8.09. The first-order valence-corrected chi connectivity index (χ1v) is 10.7. The van der Waals surface area contributed by atoms with E-state index in [1.807, 2.05) is 39.0 Å². The Kier molecular flexibility index (Phi) is 5.83. The van der Waals surface area contributed by atoms with E-state index in [1.165, 1.54) is 0 Å². The van der Waals surface area contributed by atoms with Gasteiger partial charge in [-0.05, 0) is 62.2 Å². The smallest absolute Gasteiger partial charge is 0.226 e. The molecule has 160 valence electrons. The Morgan fingerprint density at radius 2 is 1.97 bits per heavy atom. The molecular weight excluding hydrogens is 414 g/mol. The predicted molar refractivity (Wildman–Crippen MR) is 121 cm³/mol. The van der Waals surface area contributed by atoms with Crippen molar-refractivity contribution in [2.45, 2.75) is 39.5 Å². The van der Waals surface area contributed by atoms with Gasteiger partial charge in [-0.1, -0.05) is 24.6 Å². The van der Waals surface area contributed by atoms with Crippen molar-refractivity contribution >= 4 is 29.1 Å². The van der Waals surface area contributed by atoms with Gasteiger partial charge in [0.1, 0.15) is 11.6 Å². The van der Waals surface area contributed by atoms with Crippen LogP contribution in [0.4, 0.5) is 5.82 Å². The summed E-state index contributed by atoms with van der Waals surface area (Å²) in [6.45, 7) is 6.42. The Bertz CT molecular complexity index is 1150. The molecule has 1 aromatic heterocycles. The fourth-order valence-electron chi connectivity index (χ4n) is 3.91. The number of aromatic nitrogens is 2. The summed E-state index contributed by atoms with van der Waals surface area (Å²) in [5.74, 6) is 0.332. The highest BCUT2D eigenvalue weighted by Crippen LogP contribution is 2.39. The molecule has 1 N–H and O–H groups in total. The summed E-state index contributed by atoms with van der Waals surface area (Å²) in [7, 11) is 0. The van der Waals surface area contributed by atoms with Crippen LogP contribution in [0.3, 0.4) is 0 Å². The number of aryl methyl sites for hydroxylation is 1. The fourth-order valence-corrected chi connectivity index (χ4v) is 4.08. The van der Waals surface area contributed by atoms with E-state index in [-0.39, 0.29) is 18.1 Å². The van der Waals surface area contributed by atoms with Crippen LogP contribution in [0.25, 0.3) is 5.69 Å². The summed E-state index contributed by atoms with van der Waals surface area (Å²) in [6.07, 6.45) is 0.997. The lowest BCUT2D eigenvalue weighted by molar-refractivity contribution is -0.116. The minimum Gasteiger partial charge on any atom is -0.494 e. The van der Waals surface area contributed by atoms with Crippen LogP contribution in [-0.2, 0) is 4.79 Å². The highest BCUT2D eigenvalue weighted by atomic mass is 35.5. The number of hydrogen-bond donors (Lipinski definition) is 1. The lowest BCUT2D eigenvalue weighted by Crippen LogP contribution is -2.28. The maximum absolute atomic E-state index is 13.4. The van der Waals surface area contributed by atoms with E-state index < -0.39 is 5.92 Å². The van der Waals surface area contributed by atoms with Gasteiger partial charge in [0.25, 0.3) is 0 Å². The molecule has 0 unspecified atom stereocenters. The Balaban J connectivity index is 1.73. The first-order chi connectivity index (χ1) is 14.9. The summed E-state index contributed by atoms with van der Waals surface area (Å²) in [5.41, 5.74) is 3.61. The van der Waals surface area contributed by atoms with E-state index in [9.17, 15) is 9.59 Å². The Labute approximate surface area is 186 Å². The molecule has 4 rings (SSSR count). The highest BCUT2D eigenvalue weighted by molar-refractivity contribution is 6.31. The van der Waals surface area contributed by atoms with Gasteiger partial charge in [0, 0.05) is 22.6 Å². The van der Waals surface area contributed by atoms with Crippen molar-refractivity contribution in [3.8, 4) is 11.4 Å². The van der Waals surface area contributed by atoms with Crippen molar-refractivity contribution in [2.75, 3.05) is 11.9 Å². The molecule has 1 amide bonds. The molecule has 0 saturated heterocycles. The molecule has 0 radical (unpaired) electrons. The Hall–Kier alpha value is -3.12. The van der Waals surface area contributed by atoms with E-state index in [0.29, 0.717) is 28.7 Å². The maximum atomic E-state index is 13.4. The standard InChI is InChI=1S/C24H24ClN3O3/c1-4-12-31-17-10-8-16(9-11-17)23(30)18-13-21(29)26-24-22(18)15(3)27-28(24)20-7-5-6-19(25)14(20)2/h5-11,18H,4,12-13H2,1-3H3,(H,26,29)/t18-/m0/s1. The molecule has 6 nitrogen and oxygen atoms in total. The maximum Gasteiger partial charge on any atom is 0.226 e. The largest absolute Gasteiger partial charge is 0.494 e. The third-order valence-corrected chi connectivity index (χ3v) is 5.91. The van der Waals surface area contributed by atoms with Crippen molar-refractivity contribution in [3.63, 3.8) is 0 Å². The van der Waals surface area contributed by atoms with Crippen LogP contribution in [0.2, 0.25) is 5.02 Å². The predicted octanol–water partition coefficient (Wildman–Crippen LogP) is 5.24. The average molecular weight is 438 g/mol. The van der Waals surface area contributed by atoms with E-state index in [2.05, 4.69) is 10.4 Å². The van der Waals surface area contributed by atoms with Crippen LogP contribution in [0.5, 0.6) is 5.75 Å². The number of hydrogen-bond acceptors (Lipinski definition) is 4. The molecule has 2 aromatic carbocycles.